The average molecular weight is 197 g/mol. The van der Waals surface area contributed by atoms with Crippen molar-refractivity contribution < 1.29 is 4.74 Å². The number of benzene rings is 1. The zero-order valence-electron chi connectivity index (χ0n) is 7.17. The number of fused-ring (bicyclic) bond motifs is 1. The van der Waals surface area contributed by atoms with Gasteiger partial charge in [0.15, 0.2) is 0 Å². The molecule has 2 aromatic rings. The van der Waals surface area contributed by atoms with Crippen molar-refractivity contribution in [2.24, 2.45) is 0 Å². The number of hydrogen-bond donors (Lipinski definition) is 1. The van der Waals surface area contributed by atoms with E-state index in [2.05, 4.69) is 10.2 Å². The standard InChI is InChI=1S/C9H9ClN2O/c1-13-5-6-2-3-8(10)7-4-11-12-9(6)7/h2-4H,5H2,1H3,(H,11,12). The molecule has 1 heterocycles. The number of rotatable bonds is 2. The number of methoxy groups -OCH3 is 1. The van der Waals surface area contributed by atoms with Gasteiger partial charge in [0, 0.05) is 18.1 Å². The van der Waals surface area contributed by atoms with Gasteiger partial charge in [0.05, 0.1) is 23.3 Å². The Morgan fingerprint density at radius 2 is 2.38 bits per heavy atom. The summed E-state index contributed by atoms with van der Waals surface area (Å²) in [5.74, 6) is 0. The lowest BCUT2D eigenvalue weighted by atomic mass is 10.1. The molecule has 0 aliphatic heterocycles. The summed E-state index contributed by atoms with van der Waals surface area (Å²) < 4.78 is 5.05. The first kappa shape index (κ1) is 8.53. The molecule has 0 atom stereocenters. The van der Waals surface area contributed by atoms with E-state index in [4.69, 9.17) is 16.3 Å². The van der Waals surface area contributed by atoms with Crippen LogP contribution in [0.5, 0.6) is 0 Å². The third kappa shape index (κ3) is 1.41. The van der Waals surface area contributed by atoms with Crippen LogP contribution in [0.25, 0.3) is 10.9 Å². The predicted octanol–water partition coefficient (Wildman–Crippen LogP) is 2.36. The molecule has 13 heavy (non-hydrogen) atoms. The molecule has 68 valence electrons. The van der Waals surface area contributed by atoms with Crippen molar-refractivity contribution in [2.75, 3.05) is 7.11 Å². The highest BCUT2D eigenvalue weighted by atomic mass is 35.5. The number of H-pyrrole nitrogens is 1. The van der Waals surface area contributed by atoms with Crippen LogP contribution < -0.4 is 0 Å². The molecule has 1 aromatic carbocycles. The molecule has 1 N–H and O–H groups in total. The molecule has 0 amide bonds. The topological polar surface area (TPSA) is 37.9 Å². The molecule has 0 aliphatic rings. The highest BCUT2D eigenvalue weighted by Crippen LogP contribution is 2.24. The number of aromatic nitrogens is 2. The fraction of sp³-hybridized carbons (Fsp3) is 0.222. The van der Waals surface area contributed by atoms with Gasteiger partial charge in [0.2, 0.25) is 0 Å². The molecule has 0 unspecified atom stereocenters. The summed E-state index contributed by atoms with van der Waals surface area (Å²) in [6, 6.07) is 3.79. The minimum atomic E-state index is 0.565. The van der Waals surface area contributed by atoms with E-state index in [1.807, 2.05) is 12.1 Å². The molecule has 4 heteroatoms. The van der Waals surface area contributed by atoms with Gasteiger partial charge in [0.1, 0.15) is 0 Å². The molecular weight excluding hydrogens is 188 g/mol. The van der Waals surface area contributed by atoms with Crippen LogP contribution in [0.3, 0.4) is 0 Å². The van der Waals surface area contributed by atoms with Crippen LogP contribution in [0.2, 0.25) is 5.02 Å². The second-order valence-corrected chi connectivity index (χ2v) is 3.21. The van der Waals surface area contributed by atoms with Gasteiger partial charge in [-0.1, -0.05) is 17.7 Å². The van der Waals surface area contributed by atoms with Gasteiger partial charge >= 0.3 is 0 Å². The minimum absolute atomic E-state index is 0.565. The molecule has 0 bridgehead atoms. The van der Waals surface area contributed by atoms with Crippen LogP contribution in [0.15, 0.2) is 18.3 Å². The molecule has 1 aromatic heterocycles. The summed E-state index contributed by atoms with van der Waals surface area (Å²) in [4.78, 5) is 0. The Morgan fingerprint density at radius 3 is 3.15 bits per heavy atom. The lowest BCUT2D eigenvalue weighted by Gasteiger charge is -2.01. The molecule has 0 aliphatic carbocycles. The number of ether oxygens (including phenoxy) is 1. The molecular formula is C9H9ClN2O. The number of hydrogen-bond acceptors (Lipinski definition) is 2. The van der Waals surface area contributed by atoms with Crippen LogP contribution in [0.1, 0.15) is 5.56 Å². The lowest BCUT2D eigenvalue weighted by Crippen LogP contribution is -1.89. The first-order valence-corrected chi connectivity index (χ1v) is 4.30. The number of nitrogens with zero attached hydrogens (tertiary/aromatic N) is 1. The van der Waals surface area contributed by atoms with Crippen molar-refractivity contribution in [2.45, 2.75) is 6.61 Å². The molecule has 0 spiro atoms. The SMILES string of the molecule is COCc1ccc(Cl)c2cn[nH]c12. The van der Waals surface area contributed by atoms with Gasteiger partial charge in [-0.15, -0.1) is 0 Å². The predicted molar refractivity (Wildman–Crippen MR) is 51.8 cm³/mol. The first-order chi connectivity index (χ1) is 6.33. The van der Waals surface area contributed by atoms with Gasteiger partial charge in [-0.25, -0.2) is 0 Å². The maximum atomic E-state index is 5.97. The van der Waals surface area contributed by atoms with Crippen LogP contribution in [0.4, 0.5) is 0 Å². The average Bonchev–Trinajstić information content (AvgIpc) is 2.59. The highest BCUT2D eigenvalue weighted by Gasteiger charge is 2.05. The van der Waals surface area contributed by atoms with E-state index in [0.717, 1.165) is 16.5 Å². The number of halogens is 1. The quantitative estimate of drug-likeness (QED) is 0.801. The summed E-state index contributed by atoms with van der Waals surface area (Å²) in [6.07, 6.45) is 1.72. The summed E-state index contributed by atoms with van der Waals surface area (Å²) in [7, 11) is 1.66. The van der Waals surface area contributed by atoms with Gasteiger partial charge in [-0.05, 0) is 6.07 Å². The van der Waals surface area contributed by atoms with E-state index in [-0.39, 0.29) is 0 Å². The van der Waals surface area contributed by atoms with Crippen LogP contribution in [-0.2, 0) is 11.3 Å². The van der Waals surface area contributed by atoms with Gasteiger partial charge in [0.25, 0.3) is 0 Å². The van der Waals surface area contributed by atoms with E-state index < -0.39 is 0 Å². The third-order valence-corrected chi connectivity index (χ3v) is 2.28. The maximum Gasteiger partial charge on any atom is 0.0734 e. The lowest BCUT2D eigenvalue weighted by molar-refractivity contribution is 0.186. The van der Waals surface area contributed by atoms with Gasteiger partial charge < -0.3 is 4.74 Å². The van der Waals surface area contributed by atoms with E-state index in [1.165, 1.54) is 0 Å². The first-order valence-electron chi connectivity index (χ1n) is 3.92. The van der Waals surface area contributed by atoms with Crippen LogP contribution in [-0.4, -0.2) is 17.3 Å². The molecule has 3 nitrogen and oxygen atoms in total. The Balaban J connectivity index is 2.64. The number of nitrogens with one attached hydrogen (secondary N) is 1. The zero-order valence-corrected chi connectivity index (χ0v) is 7.93. The number of aromatic amines is 1. The third-order valence-electron chi connectivity index (χ3n) is 1.95. The second kappa shape index (κ2) is 3.36. The summed E-state index contributed by atoms with van der Waals surface area (Å²) in [6.45, 7) is 0.565. The van der Waals surface area contributed by atoms with Crippen molar-refractivity contribution in [3.05, 3.63) is 28.9 Å². The second-order valence-electron chi connectivity index (χ2n) is 2.80. The van der Waals surface area contributed by atoms with E-state index >= 15 is 0 Å². The highest BCUT2D eigenvalue weighted by molar-refractivity contribution is 6.35. The Kier molecular flexibility index (Phi) is 2.20. The maximum absolute atomic E-state index is 5.97. The van der Waals surface area contributed by atoms with Crippen LogP contribution in [0, 0.1) is 0 Å². The molecule has 0 saturated heterocycles. The minimum Gasteiger partial charge on any atom is -0.380 e. The zero-order chi connectivity index (χ0) is 9.26. The molecule has 0 fully saturated rings. The van der Waals surface area contributed by atoms with E-state index in [9.17, 15) is 0 Å². The summed E-state index contributed by atoms with van der Waals surface area (Å²) in [5.41, 5.74) is 2.02. The fourth-order valence-corrected chi connectivity index (χ4v) is 1.54. The Hall–Kier alpha value is -1.06. The van der Waals surface area contributed by atoms with Crippen molar-refractivity contribution in [3.8, 4) is 0 Å². The smallest absolute Gasteiger partial charge is 0.0734 e. The van der Waals surface area contributed by atoms with E-state index in [0.29, 0.717) is 11.6 Å². The normalized spacial score (nSPS) is 10.9. The Labute approximate surface area is 80.7 Å². The Bertz CT molecular complexity index is 424. The molecule has 0 saturated carbocycles. The van der Waals surface area contributed by atoms with Gasteiger partial charge in [-0.3, -0.25) is 5.10 Å². The summed E-state index contributed by atoms with van der Waals surface area (Å²) >= 11 is 5.97. The largest absolute Gasteiger partial charge is 0.380 e. The van der Waals surface area contributed by atoms with Gasteiger partial charge in [-0.2, -0.15) is 5.10 Å². The van der Waals surface area contributed by atoms with Crippen molar-refractivity contribution in [1.82, 2.24) is 10.2 Å². The molecule has 2 rings (SSSR count). The van der Waals surface area contributed by atoms with Crippen molar-refractivity contribution >= 4 is 22.5 Å². The summed E-state index contributed by atoms with van der Waals surface area (Å²) in [5, 5.41) is 8.49. The molecule has 0 radical (unpaired) electrons. The van der Waals surface area contributed by atoms with Crippen LogP contribution >= 0.6 is 11.6 Å². The monoisotopic (exact) mass is 196 g/mol. The van der Waals surface area contributed by atoms with E-state index in [1.54, 1.807) is 13.3 Å². The fourth-order valence-electron chi connectivity index (χ4n) is 1.33. The van der Waals surface area contributed by atoms with Crippen molar-refractivity contribution in [1.29, 1.82) is 0 Å². The Morgan fingerprint density at radius 1 is 1.54 bits per heavy atom. The van der Waals surface area contributed by atoms with Crippen molar-refractivity contribution in [3.63, 3.8) is 0 Å².